The minimum Gasteiger partial charge on any atom is -0.271 e. The van der Waals surface area contributed by atoms with Crippen LogP contribution in [0.2, 0.25) is 0 Å². The molecule has 3 atom stereocenters. The molecule has 3 heterocycles. The van der Waals surface area contributed by atoms with Crippen LogP contribution in [0.4, 0.5) is 5.69 Å². The van der Waals surface area contributed by atoms with Crippen LogP contribution in [0.5, 0.6) is 0 Å². The third-order valence-electron chi connectivity index (χ3n) is 6.63. The molecule has 1 fully saturated rings. The van der Waals surface area contributed by atoms with Crippen LogP contribution in [0.1, 0.15) is 23.6 Å². The number of anilines is 1. The number of nitrogens with zero attached hydrogens (tertiary/aromatic N) is 6. The summed E-state index contributed by atoms with van der Waals surface area (Å²) in [5.74, 6) is -1.21. The zero-order valence-electron chi connectivity index (χ0n) is 19.2. The first-order valence-corrected chi connectivity index (χ1v) is 11.7. The molecule has 3 aliphatic rings. The maximum Gasteiger partial charge on any atom is 0.264 e. The highest BCUT2D eigenvalue weighted by molar-refractivity contribution is 6.25. The predicted molar refractivity (Wildman–Crippen MR) is 132 cm³/mol. The Labute approximate surface area is 207 Å². The SMILES string of the molecule is O=C1[C@@H]2N=NN(CC(=O)N3N=C(c4ccccc4)C[C@H]3c3ccccc3)[C@H]2C(=O)N1c1ccccc1. The van der Waals surface area contributed by atoms with Gasteiger partial charge in [0, 0.05) is 6.42 Å². The Morgan fingerprint density at radius 2 is 1.47 bits per heavy atom. The lowest BCUT2D eigenvalue weighted by atomic mass is 9.98. The Balaban J connectivity index is 1.26. The third kappa shape index (κ3) is 3.65. The number of imide groups is 1. The summed E-state index contributed by atoms with van der Waals surface area (Å²) in [4.78, 5) is 40.8. The molecule has 3 aromatic rings. The van der Waals surface area contributed by atoms with Crippen molar-refractivity contribution in [2.75, 3.05) is 11.4 Å². The van der Waals surface area contributed by atoms with Gasteiger partial charge < -0.3 is 0 Å². The molecule has 1 saturated heterocycles. The smallest absolute Gasteiger partial charge is 0.264 e. The van der Waals surface area contributed by atoms with Gasteiger partial charge in [-0.2, -0.15) is 10.2 Å². The average molecular weight is 479 g/mol. The van der Waals surface area contributed by atoms with E-state index in [1.165, 1.54) is 10.0 Å². The Hall–Kier alpha value is -4.66. The molecule has 3 aliphatic heterocycles. The van der Waals surface area contributed by atoms with Gasteiger partial charge in [-0.25, -0.2) is 9.91 Å². The molecule has 0 radical (unpaired) electrons. The number of fused-ring (bicyclic) bond motifs is 1. The number of amides is 3. The third-order valence-corrected chi connectivity index (χ3v) is 6.63. The first-order valence-electron chi connectivity index (χ1n) is 11.7. The molecule has 9 heteroatoms. The zero-order valence-corrected chi connectivity index (χ0v) is 19.2. The van der Waals surface area contributed by atoms with E-state index < -0.39 is 23.9 Å². The highest BCUT2D eigenvalue weighted by atomic mass is 16.2. The Kier molecular flexibility index (Phi) is 5.37. The zero-order chi connectivity index (χ0) is 24.6. The monoisotopic (exact) mass is 478 g/mol. The van der Waals surface area contributed by atoms with Crippen LogP contribution >= 0.6 is 0 Å². The van der Waals surface area contributed by atoms with Gasteiger partial charge in [0.05, 0.1) is 17.4 Å². The van der Waals surface area contributed by atoms with E-state index in [0.29, 0.717) is 12.1 Å². The largest absolute Gasteiger partial charge is 0.271 e. The van der Waals surface area contributed by atoms with Gasteiger partial charge in [0.25, 0.3) is 17.7 Å². The Bertz CT molecular complexity index is 1380. The van der Waals surface area contributed by atoms with E-state index in [-0.39, 0.29) is 18.5 Å². The Morgan fingerprint density at radius 3 is 2.17 bits per heavy atom. The molecule has 3 aromatic carbocycles. The standard InChI is InChI=1S/C27H22N6O3/c34-23(17-31-25-24(28-30-31)26(35)32(27(25)36)20-14-8-3-9-15-20)33-22(19-12-6-2-7-13-19)16-21(29-33)18-10-4-1-5-11-18/h1-15,22,24-25H,16-17H2/t22-,24+,25+/m0/s1. The minimum atomic E-state index is -0.961. The second kappa shape index (κ2) is 8.84. The van der Waals surface area contributed by atoms with Crippen LogP contribution in [-0.2, 0) is 14.4 Å². The van der Waals surface area contributed by atoms with Gasteiger partial charge in [-0.1, -0.05) is 84.1 Å². The van der Waals surface area contributed by atoms with Gasteiger partial charge in [0.15, 0.2) is 12.1 Å². The lowest BCUT2D eigenvalue weighted by Crippen LogP contribution is -2.44. The molecule has 178 valence electrons. The van der Waals surface area contributed by atoms with Crippen molar-refractivity contribution >= 4 is 29.1 Å². The molecule has 0 aliphatic carbocycles. The van der Waals surface area contributed by atoms with E-state index in [4.69, 9.17) is 0 Å². The van der Waals surface area contributed by atoms with Crippen LogP contribution in [0.25, 0.3) is 0 Å². The fourth-order valence-electron chi connectivity index (χ4n) is 4.88. The summed E-state index contributed by atoms with van der Waals surface area (Å²) in [6, 6.07) is 26.0. The topological polar surface area (TPSA) is 98.0 Å². The van der Waals surface area contributed by atoms with Crippen molar-refractivity contribution in [1.82, 2.24) is 10.0 Å². The van der Waals surface area contributed by atoms with Crippen LogP contribution in [0.3, 0.4) is 0 Å². The van der Waals surface area contributed by atoms with E-state index in [1.807, 2.05) is 66.7 Å². The van der Waals surface area contributed by atoms with Gasteiger partial charge >= 0.3 is 0 Å². The van der Waals surface area contributed by atoms with Crippen molar-refractivity contribution in [3.63, 3.8) is 0 Å². The highest BCUT2D eigenvalue weighted by Crippen LogP contribution is 2.35. The first-order chi connectivity index (χ1) is 17.6. The molecule has 0 unspecified atom stereocenters. The molecule has 0 N–H and O–H groups in total. The Morgan fingerprint density at radius 1 is 0.833 bits per heavy atom. The summed E-state index contributed by atoms with van der Waals surface area (Å²) in [6.07, 6.45) is 0.562. The maximum atomic E-state index is 13.6. The van der Waals surface area contributed by atoms with Gasteiger partial charge in [-0.05, 0) is 23.3 Å². The quantitative estimate of drug-likeness (QED) is 0.525. The summed E-state index contributed by atoms with van der Waals surface area (Å²) in [7, 11) is 0. The highest BCUT2D eigenvalue weighted by Gasteiger charge is 2.55. The van der Waals surface area contributed by atoms with Crippen LogP contribution in [0, 0.1) is 0 Å². The van der Waals surface area contributed by atoms with E-state index in [2.05, 4.69) is 15.4 Å². The lowest BCUT2D eigenvalue weighted by molar-refractivity contribution is -0.135. The van der Waals surface area contributed by atoms with E-state index in [0.717, 1.165) is 21.7 Å². The molecule has 36 heavy (non-hydrogen) atoms. The number of benzene rings is 3. The lowest BCUT2D eigenvalue weighted by Gasteiger charge is -2.25. The number of hydrogen-bond donors (Lipinski definition) is 0. The summed E-state index contributed by atoms with van der Waals surface area (Å²) >= 11 is 0. The number of hydrogen-bond acceptors (Lipinski definition) is 7. The summed E-state index contributed by atoms with van der Waals surface area (Å²) in [6.45, 7) is -0.221. The number of carbonyl (C=O) groups is 3. The average Bonchev–Trinajstić information content (AvgIpc) is 3.61. The molecule has 0 spiro atoms. The molecule has 9 nitrogen and oxygen atoms in total. The first kappa shape index (κ1) is 21.8. The van der Waals surface area contributed by atoms with Crippen molar-refractivity contribution in [3.8, 4) is 0 Å². The van der Waals surface area contributed by atoms with Crippen LogP contribution < -0.4 is 4.90 Å². The minimum absolute atomic E-state index is 0.221. The van der Waals surface area contributed by atoms with E-state index in [1.54, 1.807) is 24.3 Å². The number of rotatable bonds is 5. The summed E-state index contributed by atoms with van der Waals surface area (Å²) < 4.78 is 0. The van der Waals surface area contributed by atoms with E-state index in [9.17, 15) is 14.4 Å². The van der Waals surface area contributed by atoms with E-state index >= 15 is 0 Å². The summed E-state index contributed by atoms with van der Waals surface area (Å²) in [5, 5.41) is 15.5. The number of hydrazone groups is 1. The van der Waals surface area contributed by atoms with Crippen molar-refractivity contribution in [2.24, 2.45) is 15.4 Å². The van der Waals surface area contributed by atoms with Crippen molar-refractivity contribution < 1.29 is 14.4 Å². The maximum absolute atomic E-state index is 13.6. The second-order valence-electron chi connectivity index (χ2n) is 8.82. The second-order valence-corrected chi connectivity index (χ2v) is 8.82. The molecule has 0 aromatic heterocycles. The van der Waals surface area contributed by atoms with Gasteiger partial charge in [-0.3, -0.25) is 19.4 Å². The molecule has 3 amide bonds. The molecule has 0 saturated carbocycles. The molecule has 6 rings (SSSR count). The van der Waals surface area contributed by atoms with Crippen molar-refractivity contribution in [3.05, 3.63) is 102 Å². The normalized spacial score (nSPS) is 22.8. The predicted octanol–water partition coefficient (Wildman–Crippen LogP) is 3.36. The fraction of sp³-hybridized carbons (Fsp3) is 0.185. The number of carbonyl (C=O) groups excluding carboxylic acids is 3. The van der Waals surface area contributed by atoms with Gasteiger partial charge in [0.2, 0.25) is 0 Å². The molecular weight excluding hydrogens is 456 g/mol. The number of para-hydroxylation sites is 1. The molecular formula is C27H22N6O3. The van der Waals surface area contributed by atoms with Crippen molar-refractivity contribution in [2.45, 2.75) is 24.5 Å². The summed E-state index contributed by atoms with van der Waals surface area (Å²) in [5.41, 5.74) is 3.19. The van der Waals surface area contributed by atoms with Gasteiger partial charge in [-0.15, -0.1) is 0 Å². The molecule has 0 bridgehead atoms. The fourth-order valence-corrected chi connectivity index (χ4v) is 4.88. The van der Waals surface area contributed by atoms with Crippen molar-refractivity contribution in [1.29, 1.82) is 0 Å². The van der Waals surface area contributed by atoms with Gasteiger partial charge in [0.1, 0.15) is 6.54 Å². The van der Waals surface area contributed by atoms with Crippen LogP contribution in [-0.4, -0.2) is 52.1 Å². The van der Waals surface area contributed by atoms with Crippen LogP contribution in [0.15, 0.2) is 106 Å².